The molecule has 0 spiro atoms. The van der Waals surface area contributed by atoms with Crippen LogP contribution in [0.1, 0.15) is 11.3 Å². The van der Waals surface area contributed by atoms with E-state index in [0.29, 0.717) is 15.9 Å². The minimum Gasteiger partial charge on any atom is -0.340 e. The van der Waals surface area contributed by atoms with E-state index in [1.807, 2.05) is 12.1 Å². The van der Waals surface area contributed by atoms with Crippen molar-refractivity contribution < 1.29 is 0 Å². The molecule has 0 fully saturated rings. The number of nitriles is 2. The molecule has 10 heavy (non-hydrogen) atoms. The summed E-state index contributed by atoms with van der Waals surface area (Å²) < 4.78 is 0.653. The smallest absolute Gasteiger partial charge is 0.136 e. The van der Waals surface area contributed by atoms with Gasteiger partial charge in [-0.2, -0.15) is 10.5 Å². The van der Waals surface area contributed by atoms with Crippen LogP contribution in [0.25, 0.3) is 0 Å². The SMILES string of the molecule is N#Cc1cc(Br)[nH]c1C#N. The summed E-state index contributed by atoms with van der Waals surface area (Å²) in [6.07, 6.45) is 0. The third-order valence-corrected chi connectivity index (χ3v) is 1.44. The van der Waals surface area contributed by atoms with Gasteiger partial charge >= 0.3 is 0 Å². The molecule has 3 nitrogen and oxygen atoms in total. The normalized spacial score (nSPS) is 8.30. The lowest BCUT2D eigenvalue weighted by Crippen LogP contribution is -1.75. The fourth-order valence-electron chi connectivity index (χ4n) is 0.598. The summed E-state index contributed by atoms with van der Waals surface area (Å²) in [5, 5.41) is 16.8. The van der Waals surface area contributed by atoms with Gasteiger partial charge in [-0.05, 0) is 22.0 Å². The summed E-state index contributed by atoms with van der Waals surface area (Å²) >= 11 is 3.11. The van der Waals surface area contributed by atoms with Crippen LogP contribution in [0.2, 0.25) is 0 Å². The van der Waals surface area contributed by atoms with Gasteiger partial charge in [-0.3, -0.25) is 0 Å². The van der Waals surface area contributed by atoms with E-state index in [1.54, 1.807) is 6.07 Å². The van der Waals surface area contributed by atoms with Crippen LogP contribution in [0.4, 0.5) is 0 Å². The van der Waals surface area contributed by atoms with E-state index < -0.39 is 0 Å². The van der Waals surface area contributed by atoms with Crippen LogP contribution in [0.5, 0.6) is 0 Å². The fraction of sp³-hybridized carbons (Fsp3) is 0. The average Bonchev–Trinajstić information content (AvgIpc) is 2.30. The highest BCUT2D eigenvalue weighted by molar-refractivity contribution is 9.10. The number of hydrogen-bond donors (Lipinski definition) is 1. The Kier molecular flexibility index (Phi) is 1.75. The molecule has 1 rings (SSSR count). The number of H-pyrrole nitrogens is 1. The Bertz CT molecular complexity index is 294. The molecule has 48 valence electrons. The molecular formula is C6H2BrN3. The molecule has 0 saturated heterocycles. The molecule has 0 bridgehead atoms. The minimum atomic E-state index is 0.300. The van der Waals surface area contributed by atoms with E-state index in [4.69, 9.17) is 10.5 Å². The Morgan fingerprint density at radius 3 is 2.50 bits per heavy atom. The van der Waals surface area contributed by atoms with Crippen LogP contribution >= 0.6 is 15.9 Å². The molecule has 0 saturated carbocycles. The van der Waals surface area contributed by atoms with Crippen molar-refractivity contribution in [2.45, 2.75) is 0 Å². The summed E-state index contributed by atoms with van der Waals surface area (Å²) in [7, 11) is 0. The summed E-state index contributed by atoms with van der Waals surface area (Å²) in [5.41, 5.74) is 0.670. The zero-order chi connectivity index (χ0) is 7.56. The molecule has 0 amide bonds. The summed E-state index contributed by atoms with van der Waals surface area (Å²) in [5.74, 6) is 0. The lowest BCUT2D eigenvalue weighted by Gasteiger charge is -1.76. The summed E-state index contributed by atoms with van der Waals surface area (Å²) in [6.45, 7) is 0. The lowest BCUT2D eigenvalue weighted by molar-refractivity contribution is 1.29. The van der Waals surface area contributed by atoms with Crippen LogP contribution in [0.15, 0.2) is 10.7 Å². The second-order valence-electron chi connectivity index (χ2n) is 1.63. The number of rotatable bonds is 0. The van der Waals surface area contributed by atoms with Gasteiger partial charge in [0.15, 0.2) is 0 Å². The third-order valence-electron chi connectivity index (χ3n) is 1.02. The Labute approximate surface area is 66.0 Å². The van der Waals surface area contributed by atoms with Crippen molar-refractivity contribution >= 4 is 15.9 Å². The first kappa shape index (κ1) is 6.85. The molecule has 0 aliphatic heterocycles. The Morgan fingerprint density at radius 2 is 2.10 bits per heavy atom. The van der Waals surface area contributed by atoms with Crippen molar-refractivity contribution in [3.05, 3.63) is 21.9 Å². The van der Waals surface area contributed by atoms with Crippen molar-refractivity contribution in [2.75, 3.05) is 0 Å². The van der Waals surface area contributed by atoms with Gasteiger partial charge in [0.25, 0.3) is 0 Å². The first-order chi connectivity index (χ1) is 4.77. The average molecular weight is 196 g/mol. The maximum atomic E-state index is 8.42. The second-order valence-corrected chi connectivity index (χ2v) is 2.48. The van der Waals surface area contributed by atoms with Crippen molar-refractivity contribution in [1.29, 1.82) is 10.5 Å². The molecule has 0 aliphatic rings. The molecule has 1 heterocycles. The van der Waals surface area contributed by atoms with E-state index in [2.05, 4.69) is 20.9 Å². The predicted molar refractivity (Wildman–Crippen MR) is 37.9 cm³/mol. The largest absolute Gasteiger partial charge is 0.340 e. The van der Waals surface area contributed by atoms with Crippen molar-refractivity contribution in [3.8, 4) is 12.1 Å². The van der Waals surface area contributed by atoms with Crippen LogP contribution < -0.4 is 0 Å². The predicted octanol–water partition coefficient (Wildman–Crippen LogP) is 1.52. The van der Waals surface area contributed by atoms with E-state index in [9.17, 15) is 0 Å². The maximum absolute atomic E-state index is 8.42. The molecule has 4 heteroatoms. The van der Waals surface area contributed by atoms with Crippen molar-refractivity contribution in [2.24, 2.45) is 0 Å². The van der Waals surface area contributed by atoms with E-state index >= 15 is 0 Å². The van der Waals surface area contributed by atoms with Crippen LogP contribution in [0, 0.1) is 22.7 Å². The van der Waals surface area contributed by atoms with Gasteiger partial charge in [-0.1, -0.05) is 0 Å². The maximum Gasteiger partial charge on any atom is 0.136 e. The van der Waals surface area contributed by atoms with Crippen molar-refractivity contribution in [1.82, 2.24) is 4.98 Å². The molecule has 0 radical (unpaired) electrons. The lowest BCUT2D eigenvalue weighted by atomic mass is 10.3. The summed E-state index contributed by atoms with van der Waals surface area (Å²) in [6, 6.07) is 5.31. The zero-order valence-corrected chi connectivity index (χ0v) is 6.44. The number of nitrogens with zero attached hydrogens (tertiary/aromatic N) is 2. The van der Waals surface area contributed by atoms with Gasteiger partial charge in [-0.25, -0.2) is 0 Å². The van der Waals surface area contributed by atoms with Gasteiger partial charge in [0.1, 0.15) is 17.8 Å². The van der Waals surface area contributed by atoms with Crippen LogP contribution in [-0.4, -0.2) is 4.98 Å². The Balaban J connectivity index is 3.28. The molecule has 0 aromatic carbocycles. The highest BCUT2D eigenvalue weighted by Gasteiger charge is 2.03. The first-order valence-electron chi connectivity index (χ1n) is 2.46. The number of aromatic amines is 1. The molecule has 1 aromatic heterocycles. The molecular weight excluding hydrogens is 194 g/mol. The highest BCUT2D eigenvalue weighted by Crippen LogP contribution is 2.13. The highest BCUT2D eigenvalue weighted by atomic mass is 79.9. The summed E-state index contributed by atoms with van der Waals surface area (Å²) in [4.78, 5) is 2.68. The molecule has 0 atom stereocenters. The minimum absolute atomic E-state index is 0.300. The zero-order valence-electron chi connectivity index (χ0n) is 4.85. The van der Waals surface area contributed by atoms with Gasteiger partial charge in [0.05, 0.1) is 10.2 Å². The third kappa shape index (κ3) is 1.02. The molecule has 0 aliphatic carbocycles. The van der Waals surface area contributed by atoms with Crippen molar-refractivity contribution in [3.63, 3.8) is 0 Å². The molecule has 1 N–H and O–H groups in total. The number of hydrogen-bond acceptors (Lipinski definition) is 2. The van der Waals surface area contributed by atoms with Gasteiger partial charge < -0.3 is 4.98 Å². The first-order valence-corrected chi connectivity index (χ1v) is 3.26. The van der Waals surface area contributed by atoms with Crippen LogP contribution in [-0.2, 0) is 0 Å². The number of aromatic nitrogens is 1. The van der Waals surface area contributed by atoms with Gasteiger partial charge in [0, 0.05) is 0 Å². The molecule has 0 unspecified atom stereocenters. The standard InChI is InChI=1S/C6H2BrN3/c7-6-1-4(2-8)5(3-9)10-6/h1,10H. The monoisotopic (exact) mass is 195 g/mol. The van der Waals surface area contributed by atoms with E-state index in [0.717, 1.165) is 0 Å². The van der Waals surface area contributed by atoms with E-state index in [-0.39, 0.29) is 0 Å². The second kappa shape index (κ2) is 2.55. The topological polar surface area (TPSA) is 63.4 Å². The number of halogens is 1. The Morgan fingerprint density at radius 1 is 1.40 bits per heavy atom. The van der Waals surface area contributed by atoms with Crippen LogP contribution in [0.3, 0.4) is 0 Å². The Hall–Kier alpha value is -1.26. The van der Waals surface area contributed by atoms with E-state index in [1.165, 1.54) is 0 Å². The number of nitrogens with one attached hydrogen (secondary N) is 1. The molecule has 1 aromatic rings. The van der Waals surface area contributed by atoms with Gasteiger partial charge in [-0.15, -0.1) is 0 Å². The quantitative estimate of drug-likeness (QED) is 0.683. The van der Waals surface area contributed by atoms with Gasteiger partial charge in [0.2, 0.25) is 0 Å². The fourth-order valence-corrected chi connectivity index (χ4v) is 1.03.